The summed E-state index contributed by atoms with van der Waals surface area (Å²) in [5, 5.41) is 8.42. The first-order valence-electron chi connectivity index (χ1n) is 9.34. The Labute approximate surface area is 169 Å². The summed E-state index contributed by atoms with van der Waals surface area (Å²) in [6, 6.07) is 15.3. The fourth-order valence-electron chi connectivity index (χ4n) is 3.52. The van der Waals surface area contributed by atoms with Crippen LogP contribution in [0.3, 0.4) is 0 Å². The topological polar surface area (TPSA) is 96.2 Å². The van der Waals surface area contributed by atoms with Crippen LogP contribution < -0.4 is 9.64 Å². The van der Waals surface area contributed by atoms with Crippen molar-refractivity contribution in [2.75, 3.05) is 25.1 Å². The Balaban J connectivity index is 1.87. The van der Waals surface area contributed by atoms with Gasteiger partial charge < -0.3 is 9.64 Å². The van der Waals surface area contributed by atoms with Crippen molar-refractivity contribution in [1.29, 1.82) is 5.26 Å². The number of ether oxygens (including phenoxy) is 1. The minimum Gasteiger partial charge on any atom is -0.497 e. The number of aromatic nitrogens is 2. The van der Waals surface area contributed by atoms with Crippen LogP contribution in [-0.4, -0.2) is 38.6 Å². The van der Waals surface area contributed by atoms with Crippen molar-refractivity contribution in [3.63, 3.8) is 0 Å². The molecule has 0 aliphatic carbocycles. The van der Waals surface area contributed by atoms with E-state index in [1.807, 2.05) is 29.2 Å². The van der Waals surface area contributed by atoms with E-state index < -0.39 is 15.1 Å². The standard InChI is InChI=1S/C21H20N4O3S/c1-28-15-8-10-16(11-9-15)29(26,27)19(14-22)20-21(25-12-4-5-13-25)24-18-7-3-2-6-17(18)23-20/h2-3,6-11,19H,4-5,12-13H2,1H3. The number of para-hydroxylation sites is 2. The summed E-state index contributed by atoms with van der Waals surface area (Å²) in [4.78, 5) is 11.3. The molecule has 1 saturated heterocycles. The van der Waals surface area contributed by atoms with Crippen LogP contribution >= 0.6 is 0 Å². The van der Waals surface area contributed by atoms with Crippen molar-refractivity contribution in [1.82, 2.24) is 9.97 Å². The summed E-state index contributed by atoms with van der Waals surface area (Å²) in [6.07, 6.45) is 1.99. The van der Waals surface area contributed by atoms with Gasteiger partial charge in [0.15, 0.2) is 11.1 Å². The molecule has 0 spiro atoms. The van der Waals surface area contributed by atoms with Gasteiger partial charge in [-0.3, -0.25) is 0 Å². The molecule has 7 nitrogen and oxygen atoms in total. The van der Waals surface area contributed by atoms with Gasteiger partial charge >= 0.3 is 0 Å². The quantitative estimate of drug-likeness (QED) is 0.639. The van der Waals surface area contributed by atoms with Crippen LogP contribution in [0, 0.1) is 11.3 Å². The van der Waals surface area contributed by atoms with Crippen molar-refractivity contribution in [2.24, 2.45) is 0 Å². The Morgan fingerprint density at radius 1 is 1.03 bits per heavy atom. The molecule has 1 aromatic heterocycles. The van der Waals surface area contributed by atoms with E-state index in [2.05, 4.69) is 9.97 Å². The van der Waals surface area contributed by atoms with Gasteiger partial charge in [-0.15, -0.1) is 0 Å². The molecule has 2 heterocycles. The molecule has 1 aliphatic heterocycles. The van der Waals surface area contributed by atoms with E-state index in [1.165, 1.54) is 19.2 Å². The van der Waals surface area contributed by atoms with Gasteiger partial charge in [0, 0.05) is 13.1 Å². The lowest BCUT2D eigenvalue weighted by Gasteiger charge is -2.22. The van der Waals surface area contributed by atoms with E-state index in [1.54, 1.807) is 18.2 Å². The average Bonchev–Trinajstić information content (AvgIpc) is 3.28. The van der Waals surface area contributed by atoms with E-state index in [-0.39, 0.29) is 10.6 Å². The molecule has 4 rings (SSSR count). The highest BCUT2D eigenvalue weighted by atomic mass is 32.2. The second-order valence-electron chi connectivity index (χ2n) is 6.85. The summed E-state index contributed by atoms with van der Waals surface area (Å²) in [5.41, 5.74) is 1.43. The SMILES string of the molecule is COc1ccc(S(=O)(=O)C(C#N)c2nc3ccccc3nc2N2CCCC2)cc1. The molecule has 3 aromatic rings. The average molecular weight is 408 g/mol. The van der Waals surface area contributed by atoms with Gasteiger partial charge in [-0.25, -0.2) is 18.4 Å². The van der Waals surface area contributed by atoms with Gasteiger partial charge in [-0.05, 0) is 49.2 Å². The van der Waals surface area contributed by atoms with Crippen LogP contribution in [0.5, 0.6) is 5.75 Å². The van der Waals surface area contributed by atoms with Crippen LogP contribution in [0.25, 0.3) is 11.0 Å². The Bertz CT molecular complexity index is 1180. The normalized spacial score (nSPS) is 15.2. The summed E-state index contributed by atoms with van der Waals surface area (Å²) < 4.78 is 31.7. The summed E-state index contributed by atoms with van der Waals surface area (Å²) in [7, 11) is -2.49. The maximum absolute atomic E-state index is 13.3. The van der Waals surface area contributed by atoms with Crippen molar-refractivity contribution >= 4 is 26.7 Å². The number of fused-ring (bicyclic) bond motifs is 1. The number of benzene rings is 2. The Morgan fingerprint density at radius 2 is 1.66 bits per heavy atom. The molecule has 1 unspecified atom stereocenters. The molecule has 8 heteroatoms. The minimum absolute atomic E-state index is 0.0483. The highest BCUT2D eigenvalue weighted by Gasteiger charge is 2.35. The number of nitriles is 1. The molecular weight excluding hydrogens is 388 g/mol. The molecule has 1 atom stereocenters. The zero-order valence-corrected chi connectivity index (χ0v) is 16.8. The second kappa shape index (κ2) is 7.68. The molecule has 0 radical (unpaired) electrons. The van der Waals surface area contributed by atoms with Gasteiger partial charge in [0.05, 0.1) is 29.1 Å². The maximum atomic E-state index is 13.3. The Hall–Kier alpha value is -3.18. The monoisotopic (exact) mass is 408 g/mol. The zero-order valence-electron chi connectivity index (χ0n) is 15.9. The third-order valence-corrected chi connectivity index (χ3v) is 6.93. The number of sulfone groups is 1. The molecule has 0 bridgehead atoms. The van der Waals surface area contributed by atoms with E-state index in [4.69, 9.17) is 4.74 Å². The predicted molar refractivity (Wildman–Crippen MR) is 110 cm³/mol. The molecule has 2 aromatic carbocycles. The van der Waals surface area contributed by atoms with Crippen molar-refractivity contribution < 1.29 is 13.2 Å². The van der Waals surface area contributed by atoms with Crippen molar-refractivity contribution in [3.05, 3.63) is 54.2 Å². The molecule has 1 fully saturated rings. The first-order valence-corrected chi connectivity index (χ1v) is 10.9. The fraction of sp³-hybridized carbons (Fsp3) is 0.286. The number of hydrogen-bond acceptors (Lipinski definition) is 7. The first kappa shape index (κ1) is 19.2. The van der Waals surface area contributed by atoms with Crippen molar-refractivity contribution in [3.8, 4) is 11.8 Å². The number of anilines is 1. The van der Waals surface area contributed by atoms with Gasteiger partial charge in [-0.1, -0.05) is 12.1 Å². The van der Waals surface area contributed by atoms with Crippen molar-refractivity contribution in [2.45, 2.75) is 23.0 Å². The molecule has 0 N–H and O–H groups in total. The van der Waals surface area contributed by atoms with Crippen LogP contribution in [0.2, 0.25) is 0 Å². The van der Waals surface area contributed by atoms with Gasteiger partial charge in [0.1, 0.15) is 11.4 Å². The van der Waals surface area contributed by atoms with E-state index >= 15 is 0 Å². The lowest BCUT2D eigenvalue weighted by Crippen LogP contribution is -2.24. The number of methoxy groups -OCH3 is 1. The molecule has 29 heavy (non-hydrogen) atoms. The number of nitrogens with zero attached hydrogens (tertiary/aromatic N) is 4. The lowest BCUT2D eigenvalue weighted by molar-refractivity contribution is 0.414. The molecule has 148 valence electrons. The Kier molecular flexibility index (Phi) is 5.07. The Morgan fingerprint density at radius 3 is 2.24 bits per heavy atom. The number of hydrogen-bond donors (Lipinski definition) is 0. The smallest absolute Gasteiger partial charge is 0.200 e. The van der Waals surface area contributed by atoms with E-state index in [9.17, 15) is 13.7 Å². The van der Waals surface area contributed by atoms with Crippen LogP contribution in [0.1, 0.15) is 23.8 Å². The third kappa shape index (κ3) is 3.49. The zero-order chi connectivity index (χ0) is 20.4. The lowest BCUT2D eigenvalue weighted by atomic mass is 10.2. The largest absolute Gasteiger partial charge is 0.497 e. The first-order chi connectivity index (χ1) is 14.0. The van der Waals surface area contributed by atoms with E-state index in [0.29, 0.717) is 22.6 Å². The third-order valence-electron chi connectivity index (χ3n) is 5.05. The summed E-state index contributed by atoms with van der Waals surface area (Å²) in [5.74, 6) is 1.02. The van der Waals surface area contributed by atoms with Gasteiger partial charge in [0.25, 0.3) is 0 Å². The van der Waals surface area contributed by atoms with Crippen LogP contribution in [-0.2, 0) is 9.84 Å². The van der Waals surface area contributed by atoms with Crippen LogP contribution in [0.4, 0.5) is 5.82 Å². The second-order valence-corrected chi connectivity index (χ2v) is 8.88. The molecular formula is C21H20N4O3S. The minimum atomic E-state index is -4.00. The van der Waals surface area contributed by atoms with Crippen LogP contribution in [0.15, 0.2) is 53.4 Å². The molecule has 0 amide bonds. The highest BCUT2D eigenvalue weighted by Crippen LogP contribution is 2.35. The van der Waals surface area contributed by atoms with E-state index in [0.717, 1.165) is 25.9 Å². The summed E-state index contributed by atoms with van der Waals surface area (Å²) in [6.45, 7) is 1.53. The summed E-state index contributed by atoms with van der Waals surface area (Å²) >= 11 is 0. The molecule has 1 aliphatic rings. The maximum Gasteiger partial charge on any atom is 0.200 e. The number of rotatable bonds is 5. The molecule has 0 saturated carbocycles. The predicted octanol–water partition coefficient (Wildman–Crippen LogP) is 3.28. The fourth-order valence-corrected chi connectivity index (χ4v) is 4.90. The van der Waals surface area contributed by atoms with Gasteiger partial charge in [0.2, 0.25) is 9.84 Å². The van der Waals surface area contributed by atoms with Gasteiger partial charge in [-0.2, -0.15) is 5.26 Å². The highest BCUT2D eigenvalue weighted by molar-refractivity contribution is 7.92.